The van der Waals surface area contributed by atoms with Crippen molar-refractivity contribution in [1.29, 1.82) is 0 Å². The Kier molecular flexibility index (Phi) is 3.13. The summed E-state index contributed by atoms with van der Waals surface area (Å²) < 4.78 is 0. The predicted molar refractivity (Wildman–Crippen MR) is 48.1 cm³/mol. The molecule has 0 amide bonds. The van der Waals surface area contributed by atoms with Crippen LogP contribution in [-0.2, 0) is 0 Å². The number of nitrogens with zero attached hydrogens (tertiary/aromatic N) is 1. The lowest BCUT2D eigenvalue weighted by Crippen LogP contribution is -2.56. The summed E-state index contributed by atoms with van der Waals surface area (Å²) in [5, 5.41) is 3.27. The van der Waals surface area contributed by atoms with E-state index in [1.54, 1.807) is 0 Å². The second-order valence-corrected chi connectivity index (χ2v) is 3.36. The van der Waals surface area contributed by atoms with E-state index in [1.807, 2.05) is 0 Å². The van der Waals surface area contributed by atoms with Crippen LogP contribution in [0.25, 0.3) is 0 Å². The topological polar surface area (TPSA) is 41.3 Å². The number of rotatable bonds is 1. The van der Waals surface area contributed by atoms with Crippen LogP contribution in [0.5, 0.6) is 0 Å². The van der Waals surface area contributed by atoms with Crippen molar-refractivity contribution in [1.82, 2.24) is 10.2 Å². The lowest BCUT2D eigenvalue weighted by Gasteiger charge is -2.35. The number of halogens is 1. The molecule has 3 nitrogen and oxygen atoms in total. The molecule has 0 aliphatic carbocycles. The molecule has 0 aromatic carbocycles. The van der Waals surface area contributed by atoms with Crippen molar-refractivity contribution < 1.29 is 0 Å². The van der Waals surface area contributed by atoms with E-state index in [9.17, 15) is 0 Å². The highest BCUT2D eigenvalue weighted by Crippen LogP contribution is 2.13. The lowest BCUT2D eigenvalue weighted by molar-refractivity contribution is 0.178. The van der Waals surface area contributed by atoms with E-state index in [2.05, 4.69) is 10.2 Å². The average molecular weight is 178 g/mol. The molecule has 0 spiro atoms. The molecule has 2 rings (SSSR count). The SMILES string of the molecule is Cl.N[C@H]1CCN(C2CNC2)C1. The molecule has 2 saturated heterocycles. The van der Waals surface area contributed by atoms with Crippen LogP contribution in [0.1, 0.15) is 6.42 Å². The molecule has 0 aromatic rings. The normalized spacial score (nSPS) is 33.0. The standard InChI is InChI=1S/C7H15N3.ClH/c8-6-1-2-10(5-6)7-3-9-4-7;/h6-7,9H,1-5,8H2;1H/t6-;/m0./s1. The largest absolute Gasteiger partial charge is 0.326 e. The maximum absolute atomic E-state index is 5.78. The van der Waals surface area contributed by atoms with Crippen molar-refractivity contribution in [3.63, 3.8) is 0 Å². The van der Waals surface area contributed by atoms with E-state index in [4.69, 9.17) is 5.73 Å². The van der Waals surface area contributed by atoms with Gasteiger partial charge in [-0.25, -0.2) is 0 Å². The van der Waals surface area contributed by atoms with Crippen LogP contribution in [-0.4, -0.2) is 43.2 Å². The van der Waals surface area contributed by atoms with Gasteiger partial charge in [-0.15, -0.1) is 12.4 Å². The van der Waals surface area contributed by atoms with Gasteiger partial charge in [0.2, 0.25) is 0 Å². The molecule has 4 heteroatoms. The first kappa shape index (κ1) is 9.26. The van der Waals surface area contributed by atoms with E-state index in [1.165, 1.54) is 26.1 Å². The minimum atomic E-state index is 0. The van der Waals surface area contributed by atoms with Crippen molar-refractivity contribution >= 4 is 12.4 Å². The fraction of sp³-hybridized carbons (Fsp3) is 1.00. The Bertz CT molecular complexity index is 127. The van der Waals surface area contributed by atoms with E-state index >= 15 is 0 Å². The highest BCUT2D eigenvalue weighted by molar-refractivity contribution is 5.85. The van der Waals surface area contributed by atoms with Gasteiger partial charge in [0, 0.05) is 38.3 Å². The third kappa shape index (κ3) is 1.85. The number of hydrogen-bond donors (Lipinski definition) is 2. The summed E-state index contributed by atoms with van der Waals surface area (Å²) in [7, 11) is 0. The molecule has 2 aliphatic rings. The third-order valence-electron chi connectivity index (χ3n) is 2.53. The van der Waals surface area contributed by atoms with E-state index < -0.39 is 0 Å². The zero-order chi connectivity index (χ0) is 6.97. The monoisotopic (exact) mass is 177 g/mol. The summed E-state index contributed by atoms with van der Waals surface area (Å²) >= 11 is 0. The molecular formula is C7H16ClN3. The molecule has 2 heterocycles. The fourth-order valence-corrected chi connectivity index (χ4v) is 1.68. The number of likely N-dealkylation sites (tertiary alicyclic amines) is 1. The van der Waals surface area contributed by atoms with Gasteiger partial charge in [-0.05, 0) is 6.42 Å². The Labute approximate surface area is 73.7 Å². The smallest absolute Gasteiger partial charge is 0.0346 e. The van der Waals surface area contributed by atoms with E-state index in [0.29, 0.717) is 6.04 Å². The Balaban J connectivity index is 0.000000605. The molecule has 1 atom stereocenters. The molecule has 3 N–H and O–H groups in total. The average Bonchev–Trinajstić information content (AvgIpc) is 2.10. The van der Waals surface area contributed by atoms with Crippen LogP contribution in [0, 0.1) is 0 Å². The van der Waals surface area contributed by atoms with Crippen LogP contribution < -0.4 is 11.1 Å². The first-order chi connectivity index (χ1) is 4.86. The van der Waals surface area contributed by atoms with Crippen molar-refractivity contribution in [2.45, 2.75) is 18.5 Å². The Hall–Kier alpha value is 0.170. The summed E-state index contributed by atoms with van der Waals surface area (Å²) in [6, 6.07) is 1.24. The summed E-state index contributed by atoms with van der Waals surface area (Å²) in [4.78, 5) is 2.50. The number of nitrogens with one attached hydrogen (secondary N) is 1. The Morgan fingerprint density at radius 1 is 1.36 bits per heavy atom. The summed E-state index contributed by atoms with van der Waals surface area (Å²) in [5.74, 6) is 0. The third-order valence-corrected chi connectivity index (χ3v) is 2.53. The molecule has 0 aromatic heterocycles. The molecule has 0 saturated carbocycles. The molecule has 11 heavy (non-hydrogen) atoms. The van der Waals surface area contributed by atoms with Gasteiger partial charge in [-0.1, -0.05) is 0 Å². The predicted octanol–water partition coefficient (Wildman–Crippen LogP) is -0.587. The van der Waals surface area contributed by atoms with Gasteiger partial charge in [0.1, 0.15) is 0 Å². The van der Waals surface area contributed by atoms with Gasteiger partial charge in [0.15, 0.2) is 0 Å². The quantitative estimate of drug-likeness (QED) is 0.563. The highest BCUT2D eigenvalue weighted by Gasteiger charge is 2.29. The molecule has 0 unspecified atom stereocenters. The minimum Gasteiger partial charge on any atom is -0.326 e. The second kappa shape index (κ2) is 3.72. The fourth-order valence-electron chi connectivity index (χ4n) is 1.68. The van der Waals surface area contributed by atoms with Crippen molar-refractivity contribution in [2.75, 3.05) is 26.2 Å². The van der Waals surface area contributed by atoms with Gasteiger partial charge in [0.05, 0.1) is 0 Å². The number of hydrogen-bond acceptors (Lipinski definition) is 3. The van der Waals surface area contributed by atoms with Crippen LogP contribution in [0.2, 0.25) is 0 Å². The van der Waals surface area contributed by atoms with Gasteiger partial charge >= 0.3 is 0 Å². The summed E-state index contributed by atoms with van der Waals surface area (Å²) in [6.45, 7) is 4.68. The van der Waals surface area contributed by atoms with Crippen molar-refractivity contribution in [3.05, 3.63) is 0 Å². The van der Waals surface area contributed by atoms with Crippen molar-refractivity contribution in [2.24, 2.45) is 5.73 Å². The van der Waals surface area contributed by atoms with E-state index in [0.717, 1.165) is 12.6 Å². The van der Waals surface area contributed by atoms with Crippen LogP contribution in [0.3, 0.4) is 0 Å². The zero-order valence-electron chi connectivity index (χ0n) is 6.62. The van der Waals surface area contributed by atoms with Crippen LogP contribution >= 0.6 is 12.4 Å². The Morgan fingerprint density at radius 3 is 2.45 bits per heavy atom. The zero-order valence-corrected chi connectivity index (χ0v) is 7.44. The molecule has 0 radical (unpaired) electrons. The molecular weight excluding hydrogens is 162 g/mol. The van der Waals surface area contributed by atoms with Crippen LogP contribution in [0.15, 0.2) is 0 Å². The lowest BCUT2D eigenvalue weighted by atomic mass is 10.1. The van der Waals surface area contributed by atoms with Gasteiger partial charge in [0.25, 0.3) is 0 Å². The van der Waals surface area contributed by atoms with Crippen LogP contribution in [0.4, 0.5) is 0 Å². The maximum Gasteiger partial charge on any atom is 0.0346 e. The van der Waals surface area contributed by atoms with Gasteiger partial charge in [-0.3, -0.25) is 4.90 Å². The summed E-state index contributed by atoms with van der Waals surface area (Å²) in [6.07, 6.45) is 1.19. The molecule has 2 fully saturated rings. The minimum absolute atomic E-state index is 0. The first-order valence-electron chi connectivity index (χ1n) is 4.06. The van der Waals surface area contributed by atoms with E-state index in [-0.39, 0.29) is 12.4 Å². The molecule has 66 valence electrons. The van der Waals surface area contributed by atoms with Gasteiger partial charge < -0.3 is 11.1 Å². The first-order valence-corrected chi connectivity index (χ1v) is 4.06. The van der Waals surface area contributed by atoms with Gasteiger partial charge in [-0.2, -0.15) is 0 Å². The molecule has 0 bridgehead atoms. The second-order valence-electron chi connectivity index (χ2n) is 3.36. The summed E-state index contributed by atoms with van der Waals surface area (Å²) in [5.41, 5.74) is 5.78. The Morgan fingerprint density at radius 2 is 2.09 bits per heavy atom. The van der Waals surface area contributed by atoms with Crippen molar-refractivity contribution in [3.8, 4) is 0 Å². The maximum atomic E-state index is 5.78. The highest BCUT2D eigenvalue weighted by atomic mass is 35.5. The molecule has 2 aliphatic heterocycles. The number of nitrogens with two attached hydrogens (primary N) is 1.